The third-order valence-corrected chi connectivity index (χ3v) is 5.33. The molecule has 8 heteroatoms. The third-order valence-electron chi connectivity index (χ3n) is 5.33. The minimum Gasteiger partial charge on any atom is -0.481 e. The van der Waals surface area contributed by atoms with Crippen LogP contribution in [0.15, 0.2) is 17.0 Å². The number of nitrogens with one attached hydrogen (secondary N) is 1. The van der Waals surface area contributed by atoms with Gasteiger partial charge in [0.2, 0.25) is 0 Å². The first-order valence-corrected chi connectivity index (χ1v) is 12.7. The molecule has 0 atom stereocenters. The number of carboxylic acid groups (broad SMARTS) is 1. The highest BCUT2D eigenvalue weighted by Crippen LogP contribution is 2.13. The predicted octanol–water partition coefficient (Wildman–Crippen LogP) is 7.70. The molecule has 0 bridgehead atoms. The number of alkyl halides is 3. The van der Waals surface area contributed by atoms with Crippen molar-refractivity contribution < 1.29 is 27.5 Å². The van der Waals surface area contributed by atoms with Crippen molar-refractivity contribution in [3.05, 3.63) is 18.4 Å². The van der Waals surface area contributed by atoms with Crippen LogP contribution in [0.3, 0.4) is 0 Å². The van der Waals surface area contributed by atoms with Gasteiger partial charge < -0.3 is 14.8 Å². The van der Waals surface area contributed by atoms with Crippen molar-refractivity contribution in [3.63, 3.8) is 0 Å². The molecule has 1 heterocycles. The highest BCUT2D eigenvalue weighted by Gasteiger charge is 2.25. The van der Waals surface area contributed by atoms with Gasteiger partial charge in [0.25, 0.3) is 0 Å². The van der Waals surface area contributed by atoms with Crippen molar-refractivity contribution in [2.75, 3.05) is 13.1 Å². The van der Waals surface area contributed by atoms with E-state index < -0.39 is 18.7 Å². The monoisotopic (exact) mass is 478 g/mol. The summed E-state index contributed by atoms with van der Waals surface area (Å²) in [5.41, 5.74) is 0. The van der Waals surface area contributed by atoms with Crippen LogP contribution in [-0.4, -0.2) is 35.3 Å². The average Bonchev–Trinajstić information content (AvgIpc) is 3.27. The van der Waals surface area contributed by atoms with E-state index in [0.29, 0.717) is 13.0 Å². The predicted molar refractivity (Wildman–Crippen MR) is 126 cm³/mol. The van der Waals surface area contributed by atoms with Gasteiger partial charge in [-0.3, -0.25) is 4.79 Å². The lowest BCUT2D eigenvalue weighted by Gasteiger charge is -2.07. The highest BCUT2D eigenvalue weighted by atomic mass is 19.4. The van der Waals surface area contributed by atoms with Crippen LogP contribution in [0, 0.1) is 0 Å². The number of hydrogen-bond acceptors (Lipinski definition) is 4. The highest BCUT2D eigenvalue weighted by molar-refractivity contribution is 5.66. The zero-order valence-electron chi connectivity index (χ0n) is 20.4. The molecule has 1 aromatic heterocycles. The summed E-state index contributed by atoms with van der Waals surface area (Å²) >= 11 is 0. The molecular formula is C25H45F3N2O3. The molecular weight excluding hydrogens is 433 g/mol. The minimum atomic E-state index is -4.07. The zero-order valence-corrected chi connectivity index (χ0v) is 20.4. The molecule has 0 aromatic carbocycles. The fourth-order valence-electron chi connectivity index (χ4n) is 3.44. The van der Waals surface area contributed by atoms with Crippen LogP contribution in [0.2, 0.25) is 0 Å². The van der Waals surface area contributed by atoms with Gasteiger partial charge in [0.05, 0.1) is 12.7 Å². The van der Waals surface area contributed by atoms with Gasteiger partial charge in [0.1, 0.15) is 5.76 Å². The summed E-state index contributed by atoms with van der Waals surface area (Å²) in [6.07, 6.45) is 17.6. The Balaban J connectivity index is 0.000000622. The Morgan fingerprint density at radius 1 is 0.909 bits per heavy atom. The number of unbranched alkanes of at least 4 members (excludes halogenated alkanes) is 13. The summed E-state index contributed by atoms with van der Waals surface area (Å²) in [7, 11) is 0. The maximum atomic E-state index is 11.7. The fourth-order valence-corrected chi connectivity index (χ4v) is 3.44. The van der Waals surface area contributed by atoms with Gasteiger partial charge >= 0.3 is 12.1 Å². The van der Waals surface area contributed by atoms with Gasteiger partial charge in [0, 0.05) is 12.8 Å². The molecule has 0 saturated carbocycles. The van der Waals surface area contributed by atoms with Crippen LogP contribution in [-0.2, 0) is 11.2 Å². The van der Waals surface area contributed by atoms with Crippen molar-refractivity contribution in [3.8, 4) is 0 Å². The number of hydrogen-bond donors (Lipinski definition) is 2. The number of oxazole rings is 1. The van der Waals surface area contributed by atoms with Gasteiger partial charge in [-0.25, -0.2) is 4.98 Å². The van der Waals surface area contributed by atoms with Gasteiger partial charge in [-0.1, -0.05) is 84.0 Å². The van der Waals surface area contributed by atoms with E-state index in [1.165, 1.54) is 57.8 Å². The van der Waals surface area contributed by atoms with E-state index in [9.17, 15) is 18.0 Å². The van der Waals surface area contributed by atoms with Gasteiger partial charge in [0.15, 0.2) is 6.39 Å². The van der Waals surface area contributed by atoms with Gasteiger partial charge in [-0.15, -0.1) is 0 Å². The van der Waals surface area contributed by atoms with E-state index in [1.807, 2.05) is 0 Å². The van der Waals surface area contributed by atoms with Crippen molar-refractivity contribution in [1.82, 2.24) is 10.3 Å². The molecule has 0 unspecified atom stereocenters. The van der Waals surface area contributed by atoms with E-state index in [2.05, 4.69) is 17.2 Å². The first-order chi connectivity index (χ1) is 15.8. The molecule has 0 radical (unpaired) electrons. The van der Waals surface area contributed by atoms with E-state index in [0.717, 1.165) is 57.1 Å². The average molecular weight is 479 g/mol. The van der Waals surface area contributed by atoms with Crippen LogP contribution in [0.4, 0.5) is 13.2 Å². The number of carbonyl (C=O) groups is 1. The molecule has 0 amide bonds. The maximum Gasteiger partial charge on any atom is 0.401 e. The molecule has 1 aromatic rings. The first kappa shape index (κ1) is 31.4. The lowest BCUT2D eigenvalue weighted by molar-refractivity contribution is -0.137. The molecule has 0 aliphatic carbocycles. The third kappa shape index (κ3) is 26.6. The van der Waals surface area contributed by atoms with Crippen LogP contribution in [0.25, 0.3) is 0 Å². The summed E-state index contributed by atoms with van der Waals surface area (Å²) in [6.45, 7) is 1.81. The molecule has 0 aliphatic heterocycles. The smallest absolute Gasteiger partial charge is 0.401 e. The van der Waals surface area contributed by atoms with E-state index in [4.69, 9.17) is 9.52 Å². The van der Waals surface area contributed by atoms with Crippen molar-refractivity contribution in [1.29, 1.82) is 0 Å². The first-order valence-electron chi connectivity index (χ1n) is 12.7. The molecule has 2 N–H and O–H groups in total. The number of carboxylic acids is 1. The molecule has 5 nitrogen and oxygen atoms in total. The number of halogens is 3. The Kier molecular flexibility index (Phi) is 21.2. The number of nitrogens with zero attached hydrogens (tertiary/aromatic N) is 1. The summed E-state index contributed by atoms with van der Waals surface area (Å²) < 4.78 is 40.4. The molecule has 0 fully saturated rings. The second-order valence-electron chi connectivity index (χ2n) is 8.60. The summed E-state index contributed by atoms with van der Waals surface area (Å²) in [5, 5.41) is 10.9. The SMILES string of the molecule is CCCCCCCCCCNCC(F)(F)F.O=C(O)CCCCCCCCCc1cnco1. The van der Waals surface area contributed by atoms with Crippen LogP contribution >= 0.6 is 0 Å². The molecule has 194 valence electrons. The van der Waals surface area contributed by atoms with Crippen LogP contribution in [0.5, 0.6) is 0 Å². The molecule has 1 rings (SSSR count). The molecule has 0 saturated heterocycles. The minimum absolute atomic E-state index is 0.311. The second kappa shape index (κ2) is 22.2. The standard InChI is InChI=1S/C13H21NO3.C12H24F3N/c15-13(16)9-7-5-3-1-2-4-6-8-12-10-14-11-17-12;1-2-3-4-5-6-7-8-9-10-16-11-12(13,14)15/h10-11H,1-9H2,(H,15,16);16H,2-11H2,1H3. The second-order valence-corrected chi connectivity index (χ2v) is 8.60. The Morgan fingerprint density at radius 2 is 1.45 bits per heavy atom. The van der Waals surface area contributed by atoms with Crippen LogP contribution < -0.4 is 5.32 Å². The van der Waals surface area contributed by atoms with Crippen molar-refractivity contribution >= 4 is 5.97 Å². The van der Waals surface area contributed by atoms with E-state index >= 15 is 0 Å². The summed E-state index contributed by atoms with van der Waals surface area (Å²) in [5.74, 6) is 0.281. The number of rotatable bonds is 20. The topological polar surface area (TPSA) is 75.4 Å². The van der Waals surface area contributed by atoms with E-state index in [-0.39, 0.29) is 0 Å². The quantitative estimate of drug-likeness (QED) is 0.188. The largest absolute Gasteiger partial charge is 0.481 e. The van der Waals surface area contributed by atoms with Gasteiger partial charge in [-0.2, -0.15) is 13.2 Å². The Bertz CT molecular complexity index is 537. The van der Waals surface area contributed by atoms with Gasteiger partial charge in [-0.05, 0) is 25.8 Å². The zero-order chi connectivity index (χ0) is 24.6. The maximum absolute atomic E-state index is 11.7. The summed E-state index contributed by atoms with van der Waals surface area (Å²) in [4.78, 5) is 14.1. The fraction of sp³-hybridized carbons (Fsp3) is 0.840. The van der Waals surface area contributed by atoms with E-state index in [1.54, 1.807) is 6.20 Å². The van der Waals surface area contributed by atoms with Crippen molar-refractivity contribution in [2.45, 2.75) is 122 Å². The number of aromatic nitrogens is 1. The number of aliphatic carboxylic acids is 1. The molecule has 0 aliphatic rings. The normalized spacial score (nSPS) is 11.3. The Morgan fingerprint density at radius 3 is 1.97 bits per heavy atom. The summed E-state index contributed by atoms with van der Waals surface area (Å²) in [6, 6.07) is 0. The Hall–Kier alpha value is -1.57. The lowest BCUT2D eigenvalue weighted by Crippen LogP contribution is -2.29. The van der Waals surface area contributed by atoms with Crippen molar-refractivity contribution in [2.24, 2.45) is 0 Å². The molecule has 33 heavy (non-hydrogen) atoms. The molecule has 0 spiro atoms. The lowest BCUT2D eigenvalue weighted by atomic mass is 10.1. The Labute approximate surface area is 197 Å². The van der Waals surface area contributed by atoms with Crippen LogP contribution in [0.1, 0.15) is 115 Å². The number of aryl methyl sites for hydroxylation is 1.